The molecule has 23 heavy (non-hydrogen) atoms. The van der Waals surface area contributed by atoms with Crippen molar-refractivity contribution in [3.05, 3.63) is 42.5 Å². The van der Waals surface area contributed by atoms with Gasteiger partial charge in [-0.3, -0.25) is 9.48 Å². The Bertz CT molecular complexity index is 626. The lowest BCUT2D eigenvalue weighted by molar-refractivity contribution is -0.274. The summed E-state index contributed by atoms with van der Waals surface area (Å²) in [5, 5.41) is 6.65. The molecule has 0 spiro atoms. The van der Waals surface area contributed by atoms with E-state index in [2.05, 4.69) is 20.1 Å². The zero-order valence-corrected chi connectivity index (χ0v) is 12.2. The van der Waals surface area contributed by atoms with Crippen LogP contribution in [-0.2, 0) is 11.3 Å². The summed E-state index contributed by atoms with van der Waals surface area (Å²) >= 11 is 0. The molecule has 6 nitrogen and oxygen atoms in total. The van der Waals surface area contributed by atoms with E-state index in [0.29, 0.717) is 12.1 Å². The lowest BCUT2D eigenvalue weighted by Gasteiger charge is -2.15. The molecular weight excluding hydrogens is 313 g/mol. The maximum absolute atomic E-state index is 12.1. The van der Waals surface area contributed by atoms with Crippen LogP contribution in [0.3, 0.4) is 0 Å². The van der Waals surface area contributed by atoms with E-state index in [9.17, 15) is 18.0 Å². The van der Waals surface area contributed by atoms with Crippen LogP contribution in [-0.4, -0.2) is 27.0 Å². The fourth-order valence-electron chi connectivity index (χ4n) is 1.92. The van der Waals surface area contributed by atoms with Gasteiger partial charge >= 0.3 is 6.36 Å². The number of aromatic nitrogens is 3. The molecule has 0 aliphatic heterocycles. The summed E-state index contributed by atoms with van der Waals surface area (Å²) in [5.74, 6) is -0.491. The normalized spacial score (nSPS) is 12.7. The molecular formula is C14H15F3N4O2. The first-order valence-electron chi connectivity index (χ1n) is 6.81. The van der Waals surface area contributed by atoms with E-state index in [0.717, 1.165) is 0 Å². The maximum Gasteiger partial charge on any atom is 0.573 e. The van der Waals surface area contributed by atoms with Crippen LogP contribution >= 0.6 is 0 Å². The predicted molar refractivity (Wildman–Crippen MR) is 74.3 cm³/mol. The Morgan fingerprint density at radius 1 is 1.35 bits per heavy atom. The van der Waals surface area contributed by atoms with Crippen LogP contribution in [0.4, 0.5) is 13.2 Å². The van der Waals surface area contributed by atoms with E-state index >= 15 is 0 Å². The quantitative estimate of drug-likeness (QED) is 0.884. The van der Waals surface area contributed by atoms with Gasteiger partial charge in [0.1, 0.15) is 18.4 Å². The largest absolute Gasteiger partial charge is 0.573 e. The molecule has 1 N–H and O–H groups in total. The van der Waals surface area contributed by atoms with Crippen molar-refractivity contribution in [1.29, 1.82) is 0 Å². The Labute approximate surface area is 130 Å². The summed E-state index contributed by atoms with van der Waals surface area (Å²) in [4.78, 5) is 15.6. The third-order valence-electron chi connectivity index (χ3n) is 3.03. The first kappa shape index (κ1) is 16.8. The molecule has 1 atom stereocenters. The van der Waals surface area contributed by atoms with Crippen LogP contribution in [0, 0.1) is 0 Å². The van der Waals surface area contributed by atoms with Crippen LogP contribution < -0.4 is 10.1 Å². The van der Waals surface area contributed by atoms with Crippen molar-refractivity contribution in [3.8, 4) is 5.75 Å². The Kier molecular flexibility index (Phi) is 5.20. The Morgan fingerprint density at radius 3 is 2.61 bits per heavy atom. The summed E-state index contributed by atoms with van der Waals surface area (Å²) in [7, 11) is 0. The summed E-state index contributed by atoms with van der Waals surface area (Å²) in [5.41, 5.74) is 0.675. The predicted octanol–water partition coefficient (Wildman–Crippen LogP) is 2.44. The molecule has 0 saturated heterocycles. The van der Waals surface area contributed by atoms with Crippen molar-refractivity contribution in [2.45, 2.75) is 32.3 Å². The number of halogens is 3. The number of amides is 1. The number of carbonyl (C=O) groups is 1. The minimum atomic E-state index is -4.72. The maximum atomic E-state index is 12.1. The van der Waals surface area contributed by atoms with Crippen LogP contribution in [0.25, 0.3) is 0 Å². The molecule has 0 radical (unpaired) electrons. The second-order valence-corrected chi connectivity index (χ2v) is 4.81. The second-order valence-electron chi connectivity index (χ2n) is 4.81. The summed E-state index contributed by atoms with van der Waals surface area (Å²) in [6, 6.07) is 5.03. The number of hydrogen-bond donors (Lipinski definition) is 1. The molecule has 0 bridgehead atoms. The number of carbonyl (C=O) groups excluding carboxylic acids is 1. The second kappa shape index (κ2) is 7.12. The monoisotopic (exact) mass is 328 g/mol. The lowest BCUT2D eigenvalue weighted by atomic mass is 10.1. The molecule has 1 aromatic heterocycles. The first-order valence-corrected chi connectivity index (χ1v) is 6.81. The fraction of sp³-hybridized carbons (Fsp3) is 0.357. The minimum Gasteiger partial charge on any atom is -0.406 e. The molecule has 0 unspecified atom stereocenters. The van der Waals surface area contributed by atoms with Crippen molar-refractivity contribution in [1.82, 2.24) is 20.1 Å². The fourth-order valence-corrected chi connectivity index (χ4v) is 1.92. The molecule has 1 amide bonds. The number of hydrogen-bond acceptors (Lipinski definition) is 4. The molecule has 1 aromatic carbocycles. The van der Waals surface area contributed by atoms with E-state index in [1.165, 1.54) is 41.6 Å². The van der Waals surface area contributed by atoms with Crippen LogP contribution in [0.5, 0.6) is 5.75 Å². The zero-order chi connectivity index (χ0) is 16.9. The van der Waals surface area contributed by atoms with Crippen molar-refractivity contribution in [2.75, 3.05) is 0 Å². The number of nitrogens with zero attached hydrogens (tertiary/aromatic N) is 3. The summed E-state index contributed by atoms with van der Waals surface area (Å²) in [6.45, 7) is 2.14. The number of ether oxygens (including phenoxy) is 1. The van der Waals surface area contributed by atoms with Crippen LogP contribution in [0.15, 0.2) is 36.9 Å². The van der Waals surface area contributed by atoms with Crippen molar-refractivity contribution >= 4 is 5.91 Å². The van der Waals surface area contributed by atoms with Crippen molar-refractivity contribution < 1.29 is 22.7 Å². The highest BCUT2D eigenvalue weighted by molar-refractivity contribution is 5.76. The number of benzene rings is 1. The standard InChI is InChI=1S/C14H15F3N4O2/c1-10(20-13(22)6-7-21-9-18-8-19-21)11-2-4-12(5-3-11)23-14(15,16)17/h2-5,8-10H,6-7H2,1H3,(H,20,22)/t10-/m0/s1. The van der Waals surface area contributed by atoms with Crippen molar-refractivity contribution in [2.24, 2.45) is 0 Å². The minimum absolute atomic E-state index is 0.191. The van der Waals surface area contributed by atoms with Gasteiger partial charge in [-0.25, -0.2) is 4.98 Å². The third kappa shape index (κ3) is 5.61. The topological polar surface area (TPSA) is 69.0 Å². The van der Waals surface area contributed by atoms with Gasteiger partial charge in [-0.1, -0.05) is 12.1 Å². The number of rotatable bonds is 6. The highest BCUT2D eigenvalue weighted by Gasteiger charge is 2.31. The molecule has 2 rings (SSSR count). The average Bonchev–Trinajstić information content (AvgIpc) is 2.97. The summed E-state index contributed by atoms with van der Waals surface area (Å²) < 4.78 is 41.6. The van der Waals surface area contributed by atoms with Gasteiger partial charge in [0.15, 0.2) is 0 Å². The van der Waals surface area contributed by atoms with Gasteiger partial charge < -0.3 is 10.1 Å². The number of alkyl halides is 3. The van der Waals surface area contributed by atoms with Crippen LogP contribution in [0.1, 0.15) is 24.9 Å². The molecule has 124 valence electrons. The van der Waals surface area contributed by atoms with E-state index in [1.807, 2.05) is 0 Å². The molecule has 0 aliphatic carbocycles. The molecule has 1 heterocycles. The Balaban J connectivity index is 1.84. The van der Waals surface area contributed by atoms with E-state index in [4.69, 9.17) is 0 Å². The van der Waals surface area contributed by atoms with Crippen molar-refractivity contribution in [3.63, 3.8) is 0 Å². The molecule has 2 aromatic rings. The average molecular weight is 328 g/mol. The van der Waals surface area contributed by atoms with E-state index in [-0.39, 0.29) is 24.1 Å². The van der Waals surface area contributed by atoms with Crippen LogP contribution in [0.2, 0.25) is 0 Å². The van der Waals surface area contributed by atoms with Gasteiger partial charge in [0.2, 0.25) is 5.91 Å². The van der Waals surface area contributed by atoms with Gasteiger partial charge in [-0.05, 0) is 24.6 Å². The highest BCUT2D eigenvalue weighted by atomic mass is 19.4. The SMILES string of the molecule is C[C@H](NC(=O)CCn1cncn1)c1ccc(OC(F)(F)F)cc1. The number of nitrogens with one attached hydrogen (secondary N) is 1. The Hall–Kier alpha value is -2.58. The third-order valence-corrected chi connectivity index (χ3v) is 3.03. The molecule has 0 saturated carbocycles. The van der Waals surface area contributed by atoms with Gasteiger partial charge in [0.05, 0.1) is 12.6 Å². The first-order chi connectivity index (χ1) is 10.8. The van der Waals surface area contributed by atoms with Gasteiger partial charge in [0, 0.05) is 6.42 Å². The summed E-state index contributed by atoms with van der Waals surface area (Å²) in [6.07, 6.45) is -1.60. The molecule has 0 fully saturated rings. The van der Waals surface area contributed by atoms with Gasteiger partial charge in [-0.2, -0.15) is 5.10 Å². The highest BCUT2D eigenvalue weighted by Crippen LogP contribution is 2.24. The van der Waals surface area contributed by atoms with E-state index < -0.39 is 6.36 Å². The molecule has 0 aliphatic rings. The Morgan fingerprint density at radius 2 is 2.04 bits per heavy atom. The lowest BCUT2D eigenvalue weighted by Crippen LogP contribution is -2.27. The van der Waals surface area contributed by atoms with E-state index in [1.54, 1.807) is 6.92 Å². The van der Waals surface area contributed by atoms with Gasteiger partial charge in [0.25, 0.3) is 0 Å². The number of aryl methyl sites for hydroxylation is 1. The zero-order valence-electron chi connectivity index (χ0n) is 12.2. The van der Waals surface area contributed by atoms with Gasteiger partial charge in [-0.15, -0.1) is 13.2 Å². The smallest absolute Gasteiger partial charge is 0.406 e. The molecule has 9 heteroatoms.